The largest absolute Gasteiger partial charge is 0.377 e. The number of nitrogens with zero attached hydrogens (tertiary/aromatic N) is 3. The van der Waals surface area contributed by atoms with E-state index in [9.17, 15) is 4.79 Å². The third-order valence-corrected chi connectivity index (χ3v) is 4.16. The Bertz CT molecular complexity index is 690. The highest BCUT2D eigenvalue weighted by molar-refractivity contribution is 7.99. The number of para-hydroxylation sites is 1. The lowest BCUT2D eigenvalue weighted by Gasteiger charge is -2.08. The van der Waals surface area contributed by atoms with Crippen molar-refractivity contribution in [1.29, 1.82) is 0 Å². The Hall–Kier alpha value is -1.83. The van der Waals surface area contributed by atoms with Gasteiger partial charge in [-0.2, -0.15) is 0 Å². The second-order valence-corrected chi connectivity index (χ2v) is 5.90. The average molecular weight is 353 g/mol. The molecule has 6 nitrogen and oxygen atoms in total. The molecule has 0 saturated heterocycles. The van der Waals surface area contributed by atoms with Crippen molar-refractivity contribution in [3.8, 4) is 0 Å². The molecule has 0 fully saturated rings. The van der Waals surface area contributed by atoms with Crippen LogP contribution in [-0.4, -0.2) is 33.5 Å². The Morgan fingerprint density at radius 3 is 2.96 bits per heavy atom. The lowest BCUT2D eigenvalue weighted by atomic mass is 10.3. The van der Waals surface area contributed by atoms with E-state index in [2.05, 4.69) is 22.1 Å². The number of carbonyl (C=O) groups is 1. The number of benzene rings is 1. The molecule has 0 spiro atoms. The highest BCUT2D eigenvalue weighted by Crippen LogP contribution is 2.22. The highest BCUT2D eigenvalue weighted by atomic mass is 35.5. The van der Waals surface area contributed by atoms with E-state index in [4.69, 9.17) is 16.3 Å². The molecule has 23 heavy (non-hydrogen) atoms. The summed E-state index contributed by atoms with van der Waals surface area (Å²) in [6, 6.07) is 7.10. The Labute approximate surface area is 143 Å². The fourth-order valence-corrected chi connectivity index (χ4v) is 2.80. The van der Waals surface area contributed by atoms with E-state index in [1.54, 1.807) is 25.3 Å². The maximum atomic E-state index is 12.0. The van der Waals surface area contributed by atoms with Gasteiger partial charge >= 0.3 is 0 Å². The summed E-state index contributed by atoms with van der Waals surface area (Å²) in [5.74, 6) is 0.735. The van der Waals surface area contributed by atoms with Gasteiger partial charge in [0.2, 0.25) is 5.91 Å². The average Bonchev–Trinajstić information content (AvgIpc) is 2.91. The van der Waals surface area contributed by atoms with Gasteiger partial charge in [0.1, 0.15) is 6.61 Å². The van der Waals surface area contributed by atoms with Crippen LogP contribution in [-0.2, 0) is 22.7 Å². The fraction of sp³-hybridized carbons (Fsp3) is 0.267. The molecular weight excluding hydrogens is 336 g/mol. The Balaban J connectivity index is 1.99. The van der Waals surface area contributed by atoms with Crippen LogP contribution in [0.5, 0.6) is 0 Å². The predicted molar refractivity (Wildman–Crippen MR) is 91.7 cm³/mol. The molecule has 8 heteroatoms. The monoisotopic (exact) mass is 352 g/mol. The Kier molecular flexibility index (Phi) is 6.64. The van der Waals surface area contributed by atoms with Crippen LogP contribution in [0.3, 0.4) is 0 Å². The number of thioether (sulfide) groups is 1. The molecule has 0 aliphatic carbocycles. The summed E-state index contributed by atoms with van der Waals surface area (Å²) >= 11 is 7.31. The number of amides is 1. The van der Waals surface area contributed by atoms with Crippen LogP contribution in [0.2, 0.25) is 5.02 Å². The molecule has 2 aromatic rings. The van der Waals surface area contributed by atoms with Crippen molar-refractivity contribution >= 4 is 35.0 Å². The molecule has 0 aliphatic heterocycles. The van der Waals surface area contributed by atoms with Gasteiger partial charge in [0.15, 0.2) is 11.0 Å². The zero-order chi connectivity index (χ0) is 16.7. The molecule has 0 saturated carbocycles. The summed E-state index contributed by atoms with van der Waals surface area (Å²) in [5, 5.41) is 12.1. The predicted octanol–water partition coefficient (Wildman–Crippen LogP) is 2.99. The van der Waals surface area contributed by atoms with Gasteiger partial charge in [-0.05, 0) is 12.1 Å². The Morgan fingerprint density at radius 1 is 1.48 bits per heavy atom. The molecule has 0 atom stereocenters. The second-order valence-electron chi connectivity index (χ2n) is 4.55. The number of carbonyl (C=O) groups excluding carboxylic acids is 1. The molecule has 0 unspecified atom stereocenters. The number of aromatic nitrogens is 3. The maximum Gasteiger partial charge on any atom is 0.234 e. The summed E-state index contributed by atoms with van der Waals surface area (Å²) in [5.41, 5.74) is 0.590. The molecule has 2 rings (SSSR count). The summed E-state index contributed by atoms with van der Waals surface area (Å²) in [4.78, 5) is 12.0. The highest BCUT2D eigenvalue weighted by Gasteiger charge is 2.13. The molecule has 0 bridgehead atoms. The van der Waals surface area contributed by atoms with Crippen LogP contribution in [0.4, 0.5) is 5.69 Å². The normalized spacial score (nSPS) is 10.5. The minimum Gasteiger partial charge on any atom is -0.377 e. The fourth-order valence-electron chi connectivity index (χ4n) is 1.85. The van der Waals surface area contributed by atoms with Gasteiger partial charge in [0.05, 0.1) is 16.5 Å². The molecular formula is C15H17ClN4O2S. The van der Waals surface area contributed by atoms with E-state index < -0.39 is 0 Å². The summed E-state index contributed by atoms with van der Waals surface area (Å²) in [6.07, 6.45) is 1.75. The van der Waals surface area contributed by atoms with Crippen LogP contribution < -0.4 is 5.32 Å². The Morgan fingerprint density at radius 2 is 2.26 bits per heavy atom. The number of hydrogen-bond donors (Lipinski definition) is 1. The van der Waals surface area contributed by atoms with Gasteiger partial charge in [-0.3, -0.25) is 4.79 Å². The summed E-state index contributed by atoms with van der Waals surface area (Å²) < 4.78 is 6.95. The van der Waals surface area contributed by atoms with Gasteiger partial charge in [-0.15, -0.1) is 16.8 Å². The van der Waals surface area contributed by atoms with Crippen molar-refractivity contribution in [2.45, 2.75) is 18.3 Å². The van der Waals surface area contributed by atoms with Crippen LogP contribution in [0.15, 0.2) is 42.1 Å². The lowest BCUT2D eigenvalue weighted by Crippen LogP contribution is -2.15. The number of rotatable bonds is 8. The van der Waals surface area contributed by atoms with Gasteiger partial charge in [0, 0.05) is 13.7 Å². The first kappa shape index (κ1) is 17.5. The molecule has 0 radical (unpaired) electrons. The van der Waals surface area contributed by atoms with Gasteiger partial charge in [0.25, 0.3) is 0 Å². The van der Waals surface area contributed by atoms with Crippen molar-refractivity contribution in [1.82, 2.24) is 14.8 Å². The zero-order valence-electron chi connectivity index (χ0n) is 12.7. The molecule has 1 N–H and O–H groups in total. The van der Waals surface area contributed by atoms with E-state index in [-0.39, 0.29) is 11.7 Å². The van der Waals surface area contributed by atoms with Gasteiger partial charge in [-0.25, -0.2) is 0 Å². The molecule has 1 aromatic carbocycles. The first-order chi connectivity index (χ1) is 11.2. The molecule has 1 amide bonds. The second kappa shape index (κ2) is 8.71. The van der Waals surface area contributed by atoms with Crippen molar-refractivity contribution in [3.63, 3.8) is 0 Å². The van der Waals surface area contributed by atoms with E-state index in [0.29, 0.717) is 34.8 Å². The van der Waals surface area contributed by atoms with Crippen molar-refractivity contribution in [2.75, 3.05) is 18.2 Å². The molecule has 0 aliphatic rings. The molecule has 122 valence electrons. The number of hydrogen-bond acceptors (Lipinski definition) is 5. The minimum absolute atomic E-state index is 0.162. The molecule has 1 heterocycles. The van der Waals surface area contributed by atoms with Crippen molar-refractivity contribution < 1.29 is 9.53 Å². The lowest BCUT2D eigenvalue weighted by molar-refractivity contribution is -0.113. The van der Waals surface area contributed by atoms with Crippen molar-refractivity contribution in [3.05, 3.63) is 47.8 Å². The van der Waals surface area contributed by atoms with Gasteiger partial charge < -0.3 is 14.6 Å². The molecule has 1 aromatic heterocycles. The van der Waals surface area contributed by atoms with Crippen LogP contribution in [0, 0.1) is 0 Å². The maximum absolute atomic E-state index is 12.0. The number of ether oxygens (including phenoxy) is 1. The van der Waals surface area contributed by atoms with Crippen LogP contribution in [0.1, 0.15) is 5.82 Å². The SMILES string of the molecule is C=CCn1c(COC)nnc1SCC(=O)Nc1ccccc1Cl. The number of halogens is 1. The standard InChI is InChI=1S/C15H17ClN4O2S/c1-3-8-20-13(9-22-2)18-19-15(20)23-10-14(21)17-12-7-5-4-6-11(12)16/h3-7H,1,8-10H2,2H3,(H,17,21). The van der Waals surface area contributed by atoms with E-state index in [0.717, 1.165) is 0 Å². The number of methoxy groups -OCH3 is 1. The third-order valence-electron chi connectivity index (χ3n) is 2.86. The topological polar surface area (TPSA) is 69.0 Å². The van der Waals surface area contributed by atoms with Gasteiger partial charge in [-0.1, -0.05) is 41.6 Å². The van der Waals surface area contributed by atoms with Crippen LogP contribution >= 0.6 is 23.4 Å². The summed E-state index contributed by atoms with van der Waals surface area (Å²) in [6.45, 7) is 4.63. The smallest absolute Gasteiger partial charge is 0.234 e. The number of allylic oxidation sites excluding steroid dienone is 1. The van der Waals surface area contributed by atoms with E-state index in [1.807, 2.05) is 16.7 Å². The first-order valence-electron chi connectivity index (χ1n) is 6.84. The quantitative estimate of drug-likeness (QED) is 0.584. The minimum atomic E-state index is -0.162. The van der Waals surface area contributed by atoms with Crippen molar-refractivity contribution in [2.24, 2.45) is 0 Å². The summed E-state index contributed by atoms with van der Waals surface area (Å²) in [7, 11) is 1.59. The number of anilines is 1. The third kappa shape index (κ3) is 4.82. The van der Waals surface area contributed by atoms with E-state index in [1.165, 1.54) is 11.8 Å². The van der Waals surface area contributed by atoms with E-state index >= 15 is 0 Å². The number of nitrogens with one attached hydrogen (secondary N) is 1. The zero-order valence-corrected chi connectivity index (χ0v) is 14.2. The first-order valence-corrected chi connectivity index (χ1v) is 8.21. The van der Waals surface area contributed by atoms with Crippen LogP contribution in [0.25, 0.3) is 0 Å².